The predicted octanol–water partition coefficient (Wildman–Crippen LogP) is 6.41. The van der Waals surface area contributed by atoms with E-state index in [0.717, 1.165) is 36.0 Å². The Labute approximate surface area is 226 Å². The van der Waals surface area contributed by atoms with E-state index in [1.54, 1.807) is 18.2 Å². The van der Waals surface area contributed by atoms with E-state index in [-0.39, 0.29) is 11.3 Å². The van der Waals surface area contributed by atoms with Crippen molar-refractivity contribution in [1.82, 2.24) is 9.97 Å². The summed E-state index contributed by atoms with van der Waals surface area (Å²) in [6.45, 7) is 4.79. The topological polar surface area (TPSA) is 109 Å². The van der Waals surface area contributed by atoms with Crippen LogP contribution in [0.2, 0.25) is 10.0 Å². The molecule has 3 N–H and O–H groups in total. The number of hydrogen-bond acceptors (Lipinski definition) is 8. The molecule has 0 saturated carbocycles. The summed E-state index contributed by atoms with van der Waals surface area (Å²) in [6, 6.07) is 7.16. The van der Waals surface area contributed by atoms with Crippen molar-refractivity contribution in [2.75, 3.05) is 24.9 Å². The number of hydrogen-bond donors (Lipinski definition) is 3. The van der Waals surface area contributed by atoms with Crippen molar-refractivity contribution in [3.63, 3.8) is 0 Å². The third-order valence-corrected chi connectivity index (χ3v) is 7.03. The Kier molecular flexibility index (Phi) is 7.90. The second kappa shape index (κ2) is 10.9. The number of anilines is 3. The van der Waals surface area contributed by atoms with Crippen molar-refractivity contribution < 1.29 is 14.3 Å². The number of ether oxygens (including phenoxy) is 2. The van der Waals surface area contributed by atoms with E-state index >= 15 is 0 Å². The molecule has 4 rings (SSSR count). The summed E-state index contributed by atoms with van der Waals surface area (Å²) >= 11 is 12.8. The van der Waals surface area contributed by atoms with Gasteiger partial charge in [0.1, 0.15) is 11.6 Å². The zero-order chi connectivity index (χ0) is 26.7. The quantitative estimate of drug-likeness (QED) is 0.180. The molecule has 194 valence electrons. The molecular formula is C27H29Cl2N5O3. The molecule has 0 atom stereocenters. The lowest BCUT2D eigenvalue weighted by atomic mass is 9.73. The van der Waals surface area contributed by atoms with Crippen molar-refractivity contribution >= 4 is 52.4 Å². The highest BCUT2D eigenvalue weighted by molar-refractivity contribution is 6.39. The number of fused-ring (bicyclic) bond motifs is 1. The predicted molar refractivity (Wildman–Crippen MR) is 147 cm³/mol. The van der Waals surface area contributed by atoms with E-state index in [1.165, 1.54) is 26.6 Å². The maximum Gasteiger partial charge on any atom is 0.337 e. The monoisotopic (exact) mass is 541 g/mol. The minimum atomic E-state index is -0.407. The first kappa shape index (κ1) is 26.7. The third-order valence-electron chi connectivity index (χ3n) is 6.46. The Morgan fingerprint density at radius 1 is 1.11 bits per heavy atom. The summed E-state index contributed by atoms with van der Waals surface area (Å²) in [5.74, 6) is 0.712. The van der Waals surface area contributed by atoms with Gasteiger partial charge in [0.25, 0.3) is 0 Å². The molecule has 1 aromatic carbocycles. The van der Waals surface area contributed by atoms with Crippen LogP contribution in [0.25, 0.3) is 0 Å². The van der Waals surface area contributed by atoms with Crippen LogP contribution in [0.5, 0.6) is 0 Å². The number of esters is 1. The summed E-state index contributed by atoms with van der Waals surface area (Å²) in [6.07, 6.45) is 5.51. The highest BCUT2D eigenvalue weighted by Crippen LogP contribution is 2.43. The number of halogens is 2. The first-order valence-corrected chi connectivity index (χ1v) is 12.5. The summed E-state index contributed by atoms with van der Waals surface area (Å²) in [4.78, 5) is 20.9. The van der Waals surface area contributed by atoms with E-state index < -0.39 is 5.97 Å². The van der Waals surface area contributed by atoms with Gasteiger partial charge in [-0.2, -0.15) is 0 Å². The Bertz CT molecular complexity index is 1340. The number of nitrogens with one attached hydrogen (secondary N) is 3. The number of methoxy groups -OCH3 is 2. The SMILES string of the molecule is COC(=N)c1c(NCc2cccc(C(=O)OC)c2)nc(Nc2c(Cl)cncc2Cl)c2c1CC(C)(C)CC2. The largest absolute Gasteiger partial charge is 0.481 e. The molecular weight excluding hydrogens is 513 g/mol. The van der Waals surface area contributed by atoms with Gasteiger partial charge in [-0.05, 0) is 53.5 Å². The number of benzene rings is 1. The van der Waals surface area contributed by atoms with Gasteiger partial charge in [-0.1, -0.05) is 49.2 Å². The number of carbonyl (C=O) groups excluding carboxylic acids is 1. The fourth-order valence-corrected chi connectivity index (χ4v) is 4.96. The van der Waals surface area contributed by atoms with Gasteiger partial charge in [-0.3, -0.25) is 10.4 Å². The summed E-state index contributed by atoms with van der Waals surface area (Å²) in [5, 5.41) is 16.0. The van der Waals surface area contributed by atoms with Gasteiger partial charge in [-0.15, -0.1) is 0 Å². The van der Waals surface area contributed by atoms with Crippen LogP contribution < -0.4 is 10.6 Å². The van der Waals surface area contributed by atoms with Gasteiger partial charge in [0.05, 0.1) is 41.1 Å². The number of aromatic nitrogens is 2. The van der Waals surface area contributed by atoms with E-state index in [0.29, 0.717) is 45.0 Å². The first-order chi connectivity index (χ1) is 17.6. The second-order valence-corrected chi connectivity index (χ2v) is 10.5. The van der Waals surface area contributed by atoms with Crippen molar-refractivity contribution in [3.05, 3.63) is 74.5 Å². The molecule has 10 heteroatoms. The van der Waals surface area contributed by atoms with Crippen LogP contribution >= 0.6 is 23.2 Å². The average molecular weight is 542 g/mol. The van der Waals surface area contributed by atoms with Crippen molar-refractivity contribution in [3.8, 4) is 0 Å². The number of carbonyl (C=O) groups is 1. The van der Waals surface area contributed by atoms with Crippen LogP contribution in [0.1, 0.15) is 52.9 Å². The van der Waals surface area contributed by atoms with Crippen LogP contribution in [0.3, 0.4) is 0 Å². The zero-order valence-corrected chi connectivity index (χ0v) is 22.7. The molecule has 8 nitrogen and oxygen atoms in total. The third kappa shape index (κ3) is 5.81. The molecule has 37 heavy (non-hydrogen) atoms. The van der Waals surface area contributed by atoms with Crippen molar-refractivity contribution in [1.29, 1.82) is 5.41 Å². The Morgan fingerprint density at radius 3 is 2.51 bits per heavy atom. The van der Waals surface area contributed by atoms with Crippen LogP contribution in [-0.4, -0.2) is 36.1 Å². The van der Waals surface area contributed by atoms with Crippen molar-refractivity contribution in [2.45, 2.75) is 39.7 Å². The molecule has 1 aliphatic carbocycles. The standard InChI is InChI=1S/C27H29Cl2N5O3/c1-27(2)9-8-17-18(11-27)21(23(30)36-3)25(32-12-15-6-5-7-16(10-15)26(35)37-4)34-24(17)33-22-19(28)13-31-14-20(22)29/h5-7,10,13-14,30H,8-9,11-12H2,1-4H3,(H2,31,32,33,34). The van der Waals surface area contributed by atoms with Crippen molar-refractivity contribution in [2.24, 2.45) is 5.41 Å². The van der Waals surface area contributed by atoms with E-state index in [2.05, 4.69) is 29.5 Å². The smallest absolute Gasteiger partial charge is 0.337 e. The molecule has 0 spiro atoms. The van der Waals surface area contributed by atoms with Gasteiger partial charge in [0.2, 0.25) is 5.90 Å². The Hall–Kier alpha value is -3.36. The van der Waals surface area contributed by atoms with Crippen LogP contribution in [-0.2, 0) is 28.9 Å². The average Bonchev–Trinajstić information content (AvgIpc) is 2.88. The number of pyridine rings is 2. The lowest BCUT2D eigenvalue weighted by Gasteiger charge is -2.34. The highest BCUT2D eigenvalue weighted by atomic mass is 35.5. The molecule has 1 aliphatic rings. The molecule has 2 aromatic heterocycles. The molecule has 0 bridgehead atoms. The highest BCUT2D eigenvalue weighted by Gasteiger charge is 2.33. The van der Waals surface area contributed by atoms with E-state index in [1.807, 2.05) is 6.07 Å². The molecule has 0 amide bonds. The number of nitrogens with zero attached hydrogens (tertiary/aromatic N) is 2. The summed E-state index contributed by atoms with van der Waals surface area (Å²) in [7, 11) is 2.83. The maximum absolute atomic E-state index is 12.0. The van der Waals surface area contributed by atoms with E-state index in [9.17, 15) is 4.79 Å². The molecule has 0 aliphatic heterocycles. The van der Waals surface area contributed by atoms with Crippen LogP contribution in [0, 0.1) is 10.8 Å². The van der Waals surface area contributed by atoms with Gasteiger partial charge < -0.3 is 20.1 Å². The van der Waals surface area contributed by atoms with Crippen LogP contribution in [0.4, 0.5) is 17.3 Å². The maximum atomic E-state index is 12.0. The fraction of sp³-hybridized carbons (Fsp3) is 0.333. The first-order valence-electron chi connectivity index (χ1n) is 11.8. The van der Waals surface area contributed by atoms with Gasteiger partial charge in [-0.25, -0.2) is 9.78 Å². The molecule has 0 unspecified atom stereocenters. The van der Waals surface area contributed by atoms with Gasteiger partial charge in [0, 0.05) is 18.9 Å². The van der Waals surface area contributed by atoms with E-state index in [4.69, 9.17) is 43.1 Å². The molecule has 2 heterocycles. The Balaban J connectivity index is 1.81. The lowest BCUT2D eigenvalue weighted by molar-refractivity contribution is 0.0600. The summed E-state index contributed by atoms with van der Waals surface area (Å²) < 4.78 is 10.2. The van der Waals surface area contributed by atoms with Crippen LogP contribution in [0.15, 0.2) is 36.7 Å². The fourth-order valence-electron chi connectivity index (χ4n) is 4.51. The van der Waals surface area contributed by atoms with Gasteiger partial charge >= 0.3 is 5.97 Å². The Morgan fingerprint density at radius 2 is 1.84 bits per heavy atom. The normalized spacial score (nSPS) is 13.9. The van der Waals surface area contributed by atoms with Gasteiger partial charge in [0.15, 0.2) is 0 Å². The molecule has 0 saturated heterocycles. The second-order valence-electron chi connectivity index (χ2n) is 9.66. The molecule has 0 radical (unpaired) electrons. The number of rotatable bonds is 7. The minimum Gasteiger partial charge on any atom is -0.481 e. The minimum absolute atomic E-state index is 0.0267. The molecule has 0 fully saturated rings. The summed E-state index contributed by atoms with van der Waals surface area (Å²) in [5.41, 5.74) is 4.47. The lowest BCUT2D eigenvalue weighted by Crippen LogP contribution is -2.27. The zero-order valence-electron chi connectivity index (χ0n) is 21.2. The molecule has 3 aromatic rings.